The van der Waals surface area contributed by atoms with Crippen molar-refractivity contribution in [3.8, 4) is 11.1 Å². The van der Waals surface area contributed by atoms with E-state index in [-0.39, 0.29) is 23.9 Å². The number of alkyl halides is 1. The van der Waals surface area contributed by atoms with Gasteiger partial charge in [-0.3, -0.25) is 19.2 Å². The Morgan fingerprint density at radius 2 is 1.69 bits per heavy atom. The van der Waals surface area contributed by atoms with Crippen LogP contribution in [0.3, 0.4) is 0 Å². The lowest BCUT2D eigenvalue weighted by molar-refractivity contribution is -0.142. The number of aliphatic hydroxyl groups excluding tert-OH is 1. The molecule has 3 rings (SSSR count). The van der Waals surface area contributed by atoms with Gasteiger partial charge in [0.15, 0.2) is 0 Å². The normalized spacial score (nSPS) is 13.1. The van der Waals surface area contributed by atoms with E-state index in [1.54, 1.807) is 12.3 Å². The molecule has 0 saturated heterocycles. The number of halogens is 3. The third-order valence-corrected chi connectivity index (χ3v) is 8.45. The zero-order valence-corrected chi connectivity index (χ0v) is 30.1. The van der Waals surface area contributed by atoms with Gasteiger partial charge in [-0.1, -0.05) is 67.0 Å². The number of carboxylic acids is 1. The fourth-order valence-electron chi connectivity index (χ4n) is 5.49. The van der Waals surface area contributed by atoms with Crippen molar-refractivity contribution in [2.75, 3.05) is 31.6 Å². The minimum absolute atomic E-state index is 0.0160. The second kappa shape index (κ2) is 18.5. The fraction of sp³-hybridized carbons (Fsp3) is 0.400. The highest BCUT2D eigenvalue weighted by Crippen LogP contribution is 2.41. The molecule has 0 aliphatic carbocycles. The van der Waals surface area contributed by atoms with E-state index in [1.165, 1.54) is 4.90 Å². The molecule has 0 fully saturated rings. The van der Waals surface area contributed by atoms with Gasteiger partial charge in [-0.2, -0.15) is 0 Å². The first-order valence-corrected chi connectivity index (χ1v) is 17.2. The molecule has 16 heteroatoms. The molecule has 1 heterocycles. The van der Waals surface area contributed by atoms with Crippen LogP contribution in [0.15, 0.2) is 60.8 Å². The third-order valence-electron chi connectivity index (χ3n) is 7.94. The molecule has 0 bridgehead atoms. The van der Waals surface area contributed by atoms with Gasteiger partial charge in [0.05, 0.1) is 24.0 Å². The van der Waals surface area contributed by atoms with Crippen LogP contribution in [0.1, 0.15) is 44.5 Å². The number of carbonyl (C=O) groups excluding carboxylic acids is 4. The molecule has 51 heavy (non-hydrogen) atoms. The number of nitrogens with zero attached hydrogens (tertiary/aromatic N) is 2. The van der Waals surface area contributed by atoms with Crippen LogP contribution in [0.2, 0.25) is 0 Å². The van der Waals surface area contributed by atoms with Gasteiger partial charge in [-0.25, -0.2) is 13.6 Å². The van der Waals surface area contributed by atoms with Crippen LogP contribution < -0.4 is 21.7 Å². The predicted octanol–water partition coefficient (Wildman–Crippen LogP) is 2.30. The van der Waals surface area contributed by atoms with Crippen molar-refractivity contribution >= 4 is 45.5 Å². The van der Waals surface area contributed by atoms with Gasteiger partial charge in [0.1, 0.15) is 24.3 Å². The number of aromatic nitrogens is 1. The Morgan fingerprint density at radius 1 is 1.00 bits per heavy atom. The maximum Gasteiger partial charge on any atom is 0.328 e. The highest BCUT2D eigenvalue weighted by molar-refractivity contribution is 9.09. The van der Waals surface area contributed by atoms with Crippen molar-refractivity contribution in [1.82, 2.24) is 25.4 Å². The molecular weight excluding hydrogens is 734 g/mol. The first-order chi connectivity index (χ1) is 24.0. The Balaban J connectivity index is 1.90. The number of aliphatic hydroxyl groups is 1. The topological polar surface area (TPSA) is 196 Å². The van der Waals surface area contributed by atoms with Crippen molar-refractivity contribution in [1.29, 1.82) is 0 Å². The highest BCUT2D eigenvalue weighted by Gasteiger charge is 2.37. The standard InChI is InChI=1S/C35H43BrF2N6O7/c1-35(2,3)32(28-13-22(24-14-23(37)9-10-25(24)38)19-43(28)18-21-7-5-4-6-8-21)44(31(48)20-45)12-11-26(39)33(49)42-27(34(50)51)16-40-30(47)17-41-29(46)15-36/h4-10,13-14,19,26-27,32,45H,11-12,15-18,20,39H2,1-3H3,(H,40,47)(H,41,46)(H,42,49)(H,50,51). The zero-order chi connectivity index (χ0) is 37.9. The molecule has 4 amide bonds. The monoisotopic (exact) mass is 776 g/mol. The van der Waals surface area contributed by atoms with Crippen LogP contribution in [0.5, 0.6) is 0 Å². The minimum atomic E-state index is -1.56. The van der Waals surface area contributed by atoms with Crippen molar-refractivity contribution in [3.63, 3.8) is 0 Å². The third kappa shape index (κ3) is 11.7. The Labute approximate surface area is 302 Å². The van der Waals surface area contributed by atoms with Gasteiger partial charge in [-0.15, -0.1) is 0 Å². The quantitative estimate of drug-likeness (QED) is 0.112. The maximum atomic E-state index is 15.0. The highest BCUT2D eigenvalue weighted by atomic mass is 79.9. The van der Waals surface area contributed by atoms with E-state index in [0.717, 1.165) is 23.8 Å². The molecular formula is C35H43BrF2N6O7. The van der Waals surface area contributed by atoms with Crippen LogP contribution in [0.4, 0.5) is 8.78 Å². The first-order valence-electron chi connectivity index (χ1n) is 16.0. The molecule has 0 radical (unpaired) electrons. The number of carbonyl (C=O) groups is 5. The van der Waals surface area contributed by atoms with E-state index < -0.39 is 84.5 Å². The van der Waals surface area contributed by atoms with Crippen LogP contribution in [0.25, 0.3) is 11.1 Å². The molecule has 3 atom stereocenters. The molecule has 13 nitrogen and oxygen atoms in total. The summed E-state index contributed by atoms with van der Waals surface area (Å²) in [6, 6.07) is 10.5. The van der Waals surface area contributed by atoms with E-state index in [4.69, 9.17) is 5.73 Å². The number of nitrogens with one attached hydrogen (secondary N) is 3. The lowest BCUT2D eigenvalue weighted by Crippen LogP contribution is -2.54. The SMILES string of the molecule is CC(C)(C)C(c1cc(-c2cc(F)ccc2F)cn1Cc1ccccc1)N(CCC(N)C(=O)NC(CNC(=O)CNC(=O)CBr)C(=O)O)C(=O)CO. The summed E-state index contributed by atoms with van der Waals surface area (Å²) in [7, 11) is 0. The van der Waals surface area contributed by atoms with Gasteiger partial charge in [0.2, 0.25) is 23.6 Å². The van der Waals surface area contributed by atoms with Gasteiger partial charge in [0, 0.05) is 42.7 Å². The molecule has 1 aromatic heterocycles. The van der Waals surface area contributed by atoms with Gasteiger partial charge in [-0.05, 0) is 41.7 Å². The average Bonchev–Trinajstić information content (AvgIpc) is 3.49. The predicted molar refractivity (Wildman–Crippen MR) is 188 cm³/mol. The Bertz CT molecular complexity index is 1700. The molecule has 0 aliphatic heterocycles. The first kappa shape index (κ1) is 40.8. The number of nitrogens with two attached hydrogens (primary N) is 1. The summed E-state index contributed by atoms with van der Waals surface area (Å²) in [4.78, 5) is 63.0. The molecule has 3 aromatic rings. The maximum absolute atomic E-state index is 15.0. The molecule has 7 N–H and O–H groups in total. The summed E-state index contributed by atoms with van der Waals surface area (Å²) in [6.45, 7) is 3.96. The van der Waals surface area contributed by atoms with Crippen molar-refractivity contribution in [2.24, 2.45) is 11.1 Å². The minimum Gasteiger partial charge on any atom is -0.480 e. The number of benzene rings is 2. The number of hydrogen-bond acceptors (Lipinski definition) is 7. The average molecular weight is 778 g/mol. The van der Waals surface area contributed by atoms with E-state index in [2.05, 4.69) is 31.9 Å². The molecule has 276 valence electrons. The lowest BCUT2D eigenvalue weighted by atomic mass is 9.82. The number of amides is 4. The summed E-state index contributed by atoms with van der Waals surface area (Å²) >= 11 is 2.94. The molecule has 3 unspecified atom stereocenters. The van der Waals surface area contributed by atoms with E-state index in [0.29, 0.717) is 17.8 Å². The summed E-state index contributed by atoms with van der Waals surface area (Å²) in [5, 5.41) is 26.5. The second-order valence-corrected chi connectivity index (χ2v) is 13.5. The summed E-state index contributed by atoms with van der Waals surface area (Å²) in [5.74, 6) is -5.42. The van der Waals surface area contributed by atoms with Crippen LogP contribution in [0, 0.1) is 17.0 Å². The van der Waals surface area contributed by atoms with Crippen LogP contribution in [-0.2, 0) is 30.5 Å². The Hall–Kier alpha value is -4.67. The van der Waals surface area contributed by atoms with Gasteiger partial charge < -0.3 is 41.4 Å². The number of hydrogen-bond donors (Lipinski definition) is 6. The van der Waals surface area contributed by atoms with Crippen LogP contribution >= 0.6 is 15.9 Å². The van der Waals surface area contributed by atoms with E-state index in [9.17, 15) is 43.0 Å². The van der Waals surface area contributed by atoms with Crippen LogP contribution in [-0.4, -0.2) is 92.9 Å². The molecule has 0 spiro atoms. The Morgan fingerprint density at radius 3 is 2.29 bits per heavy atom. The summed E-state index contributed by atoms with van der Waals surface area (Å²) in [6.07, 6.45) is 1.51. The van der Waals surface area contributed by atoms with E-state index in [1.807, 2.05) is 55.7 Å². The van der Waals surface area contributed by atoms with E-state index >= 15 is 0 Å². The lowest BCUT2D eigenvalue weighted by Gasteiger charge is -2.41. The van der Waals surface area contributed by atoms with Gasteiger partial charge in [0.25, 0.3) is 0 Å². The Kier molecular flexibility index (Phi) is 14.8. The summed E-state index contributed by atoms with van der Waals surface area (Å²) in [5.41, 5.74) is 7.26. The van der Waals surface area contributed by atoms with Crippen molar-refractivity contribution in [2.45, 2.75) is 51.9 Å². The smallest absolute Gasteiger partial charge is 0.328 e. The number of aliphatic carboxylic acids is 1. The van der Waals surface area contributed by atoms with Crippen molar-refractivity contribution < 1.29 is 43.0 Å². The fourth-order valence-corrected chi connectivity index (χ4v) is 5.69. The molecule has 0 saturated carbocycles. The summed E-state index contributed by atoms with van der Waals surface area (Å²) < 4.78 is 31.1. The zero-order valence-electron chi connectivity index (χ0n) is 28.5. The number of carboxylic acid groups (broad SMARTS) is 1. The largest absolute Gasteiger partial charge is 0.480 e. The molecule has 2 aromatic carbocycles. The molecule has 0 aliphatic rings. The number of rotatable bonds is 17. The van der Waals surface area contributed by atoms with Crippen molar-refractivity contribution in [3.05, 3.63) is 83.7 Å². The van der Waals surface area contributed by atoms with Gasteiger partial charge >= 0.3 is 5.97 Å². The second-order valence-electron chi connectivity index (χ2n) is 12.9.